The molecule has 1 atom stereocenters. The molecule has 0 saturated carbocycles. The van der Waals surface area contributed by atoms with Crippen LogP contribution >= 0.6 is 0 Å². The molecule has 0 aliphatic rings. The maximum atomic E-state index is 13.8. The number of rotatable bonds is 12. The van der Waals surface area contributed by atoms with Crippen molar-refractivity contribution in [1.29, 1.82) is 0 Å². The molecule has 0 spiro atoms. The Morgan fingerprint density at radius 3 is 2.00 bits per heavy atom. The zero-order valence-electron chi connectivity index (χ0n) is 18.2. The van der Waals surface area contributed by atoms with Gasteiger partial charge in [0.2, 0.25) is 0 Å². The van der Waals surface area contributed by atoms with Crippen molar-refractivity contribution in [1.82, 2.24) is 0 Å². The van der Waals surface area contributed by atoms with E-state index in [9.17, 15) is 19.1 Å². The molecule has 0 aromatic heterocycles. The van der Waals surface area contributed by atoms with E-state index in [0.29, 0.717) is 36.7 Å². The van der Waals surface area contributed by atoms with E-state index < -0.39 is 17.9 Å². The van der Waals surface area contributed by atoms with Crippen molar-refractivity contribution >= 4 is 11.8 Å². The average Bonchev–Trinajstić information content (AvgIpc) is 2.83. The molecule has 3 aromatic rings. The Bertz CT molecular complexity index is 1060. The van der Waals surface area contributed by atoms with E-state index >= 15 is 0 Å². The van der Waals surface area contributed by atoms with Crippen LogP contribution in [0.5, 0.6) is 11.5 Å². The molecular weight excluding hydrogens is 427 g/mol. The number of halogens is 1. The number of hydrogen-bond donors (Lipinski definition) is 0. The number of hydrogen-bond acceptors (Lipinski definition) is 6. The molecule has 0 N–H and O–H groups in total. The zero-order chi connectivity index (χ0) is 23.6. The standard InChI is InChI=1S/C26H25FO6/c1-31-24(26(29)30)17-18-7-11-20(12-8-18)32-15-4-16-33-21-13-9-19(10-14-21)25(28)22-5-2-3-6-23(22)27/h2-3,5-14,24H,4,15-17H2,1H3,(H,29,30)/p-1/t24-/m0/s1. The first-order valence-corrected chi connectivity index (χ1v) is 10.5. The number of aliphatic carboxylic acids is 1. The largest absolute Gasteiger partial charge is 0.547 e. The minimum Gasteiger partial charge on any atom is -0.547 e. The van der Waals surface area contributed by atoms with Crippen LogP contribution < -0.4 is 14.6 Å². The van der Waals surface area contributed by atoms with Crippen LogP contribution in [0.4, 0.5) is 4.39 Å². The maximum Gasteiger partial charge on any atom is 0.195 e. The summed E-state index contributed by atoms with van der Waals surface area (Å²) in [5.41, 5.74) is 1.23. The quantitative estimate of drug-likeness (QED) is 0.311. The summed E-state index contributed by atoms with van der Waals surface area (Å²) in [7, 11) is 1.33. The average molecular weight is 451 g/mol. The molecule has 6 nitrogen and oxygen atoms in total. The molecular formula is C26H24FO6-. The molecule has 0 unspecified atom stereocenters. The number of benzene rings is 3. The van der Waals surface area contributed by atoms with Gasteiger partial charge < -0.3 is 24.1 Å². The third-order valence-corrected chi connectivity index (χ3v) is 4.95. The van der Waals surface area contributed by atoms with Crippen molar-refractivity contribution in [2.45, 2.75) is 18.9 Å². The highest BCUT2D eigenvalue weighted by Crippen LogP contribution is 2.18. The van der Waals surface area contributed by atoms with Crippen molar-refractivity contribution in [2.24, 2.45) is 0 Å². The summed E-state index contributed by atoms with van der Waals surface area (Å²) in [5, 5.41) is 10.9. The summed E-state index contributed by atoms with van der Waals surface area (Å²) in [4.78, 5) is 23.3. The van der Waals surface area contributed by atoms with Gasteiger partial charge in [-0.2, -0.15) is 0 Å². The number of carboxylic acid groups (broad SMARTS) is 1. The van der Waals surface area contributed by atoms with Crippen molar-refractivity contribution in [2.75, 3.05) is 20.3 Å². The molecule has 7 heteroatoms. The smallest absolute Gasteiger partial charge is 0.195 e. The second-order valence-electron chi connectivity index (χ2n) is 7.28. The van der Waals surface area contributed by atoms with E-state index in [1.807, 2.05) is 0 Å². The van der Waals surface area contributed by atoms with Crippen LogP contribution in [-0.4, -0.2) is 38.2 Å². The third-order valence-electron chi connectivity index (χ3n) is 4.95. The Labute approximate surface area is 191 Å². The first-order chi connectivity index (χ1) is 16.0. The van der Waals surface area contributed by atoms with Crippen molar-refractivity contribution in [3.63, 3.8) is 0 Å². The zero-order valence-corrected chi connectivity index (χ0v) is 18.2. The number of ether oxygens (including phenoxy) is 3. The van der Waals surface area contributed by atoms with Crippen LogP contribution in [0.3, 0.4) is 0 Å². The Balaban J connectivity index is 1.40. The monoisotopic (exact) mass is 451 g/mol. The van der Waals surface area contributed by atoms with Crippen molar-refractivity contribution in [3.05, 3.63) is 95.3 Å². The Morgan fingerprint density at radius 2 is 1.45 bits per heavy atom. The number of carbonyl (C=O) groups excluding carboxylic acids is 2. The second kappa shape index (κ2) is 11.8. The van der Waals surface area contributed by atoms with E-state index in [0.717, 1.165) is 5.56 Å². The molecule has 0 amide bonds. The lowest BCUT2D eigenvalue weighted by molar-refractivity contribution is -0.315. The molecule has 0 heterocycles. The normalized spacial score (nSPS) is 11.6. The molecule has 0 saturated heterocycles. The van der Waals surface area contributed by atoms with Gasteiger partial charge in [0.15, 0.2) is 5.78 Å². The predicted octanol–water partition coefficient (Wildman–Crippen LogP) is 3.21. The van der Waals surface area contributed by atoms with E-state index in [-0.39, 0.29) is 17.8 Å². The highest BCUT2D eigenvalue weighted by Gasteiger charge is 2.13. The van der Waals surface area contributed by atoms with Crippen molar-refractivity contribution < 1.29 is 33.3 Å². The van der Waals surface area contributed by atoms with Gasteiger partial charge in [-0.15, -0.1) is 0 Å². The van der Waals surface area contributed by atoms with Crippen LogP contribution in [-0.2, 0) is 16.0 Å². The number of ketones is 1. The molecule has 0 aliphatic carbocycles. The highest BCUT2D eigenvalue weighted by atomic mass is 19.1. The van der Waals surface area contributed by atoms with Crippen LogP contribution in [0.15, 0.2) is 72.8 Å². The molecule has 33 heavy (non-hydrogen) atoms. The highest BCUT2D eigenvalue weighted by molar-refractivity contribution is 6.09. The molecule has 0 aliphatic heterocycles. The summed E-state index contributed by atoms with van der Waals surface area (Å²) in [5.74, 6) is -0.906. The topological polar surface area (TPSA) is 84.9 Å². The summed E-state index contributed by atoms with van der Waals surface area (Å²) >= 11 is 0. The van der Waals surface area contributed by atoms with E-state index in [4.69, 9.17) is 14.2 Å². The van der Waals surface area contributed by atoms with E-state index in [1.54, 1.807) is 60.7 Å². The number of methoxy groups -OCH3 is 1. The van der Waals surface area contributed by atoms with E-state index in [1.165, 1.54) is 19.2 Å². The first-order valence-electron chi connectivity index (χ1n) is 10.5. The third kappa shape index (κ3) is 6.89. The predicted molar refractivity (Wildman–Crippen MR) is 118 cm³/mol. The van der Waals surface area contributed by atoms with Gasteiger partial charge in [-0.1, -0.05) is 24.3 Å². The molecule has 0 fully saturated rings. The van der Waals surface area contributed by atoms with Gasteiger partial charge in [-0.25, -0.2) is 4.39 Å². The van der Waals surface area contributed by atoms with Crippen LogP contribution in [0.2, 0.25) is 0 Å². The molecule has 3 aromatic carbocycles. The fraction of sp³-hybridized carbons (Fsp3) is 0.231. The van der Waals surface area contributed by atoms with Crippen LogP contribution in [0.25, 0.3) is 0 Å². The SMILES string of the molecule is CO[C@@H](Cc1ccc(OCCCOc2ccc(C(=O)c3ccccc3F)cc2)cc1)C(=O)[O-]. The lowest BCUT2D eigenvalue weighted by Gasteiger charge is -2.16. The fourth-order valence-corrected chi connectivity index (χ4v) is 3.14. The fourth-order valence-electron chi connectivity index (χ4n) is 3.14. The first kappa shape index (κ1) is 23.9. The summed E-state index contributed by atoms with van der Waals surface area (Å²) in [6.07, 6.45) is -0.133. The summed E-state index contributed by atoms with van der Waals surface area (Å²) in [6.45, 7) is 0.850. The van der Waals surface area contributed by atoms with Gasteiger partial charge in [0, 0.05) is 25.5 Å². The summed E-state index contributed by atoms with van der Waals surface area (Å²) < 4.78 is 30.0. The second-order valence-corrected chi connectivity index (χ2v) is 7.28. The molecule has 0 radical (unpaired) electrons. The van der Waals surface area contributed by atoms with Gasteiger partial charge in [0.05, 0.1) is 24.7 Å². The van der Waals surface area contributed by atoms with Crippen LogP contribution in [0.1, 0.15) is 27.9 Å². The van der Waals surface area contributed by atoms with Gasteiger partial charge in [-0.3, -0.25) is 4.79 Å². The van der Waals surface area contributed by atoms with Crippen LogP contribution in [0, 0.1) is 5.82 Å². The molecule has 172 valence electrons. The Morgan fingerprint density at radius 1 is 0.879 bits per heavy atom. The Kier molecular flexibility index (Phi) is 8.55. The van der Waals surface area contributed by atoms with Gasteiger partial charge >= 0.3 is 0 Å². The lowest BCUT2D eigenvalue weighted by atomic mass is 10.0. The number of carboxylic acids is 1. The van der Waals surface area contributed by atoms with Gasteiger partial charge in [0.1, 0.15) is 23.4 Å². The molecule has 3 rings (SSSR count). The van der Waals surface area contributed by atoms with Gasteiger partial charge in [0.25, 0.3) is 0 Å². The van der Waals surface area contributed by atoms with E-state index in [2.05, 4.69) is 0 Å². The van der Waals surface area contributed by atoms with Gasteiger partial charge in [-0.05, 0) is 54.1 Å². The molecule has 0 bridgehead atoms. The van der Waals surface area contributed by atoms with Crippen molar-refractivity contribution in [3.8, 4) is 11.5 Å². The lowest BCUT2D eigenvalue weighted by Crippen LogP contribution is -2.38. The Hall–Kier alpha value is -3.71. The minimum absolute atomic E-state index is 0.0359. The number of carbonyl (C=O) groups is 2. The maximum absolute atomic E-state index is 13.8. The summed E-state index contributed by atoms with van der Waals surface area (Å²) in [6, 6.07) is 19.5. The minimum atomic E-state index is -1.25.